The van der Waals surface area contributed by atoms with Crippen LogP contribution in [0.15, 0.2) is 24.3 Å². The van der Waals surface area contributed by atoms with E-state index in [9.17, 15) is 0 Å². The summed E-state index contributed by atoms with van der Waals surface area (Å²) in [4.78, 5) is 6.49. The lowest BCUT2D eigenvalue weighted by Crippen LogP contribution is -2.48. The summed E-state index contributed by atoms with van der Waals surface area (Å²) in [7, 11) is 0. The third-order valence-corrected chi connectivity index (χ3v) is 5.72. The largest absolute Gasteiger partial charge is 0.326 e. The molecule has 3 nitrogen and oxygen atoms in total. The molecule has 0 amide bonds. The van der Waals surface area contributed by atoms with Crippen LogP contribution in [0.25, 0.3) is 10.1 Å². The molecule has 1 aromatic carbocycles. The van der Waals surface area contributed by atoms with E-state index in [1.807, 2.05) is 11.3 Å². The van der Waals surface area contributed by atoms with Gasteiger partial charge in [-0.3, -0.25) is 9.80 Å². The van der Waals surface area contributed by atoms with Crippen molar-refractivity contribution in [3.05, 3.63) is 34.7 Å². The summed E-state index contributed by atoms with van der Waals surface area (Å²) < 4.78 is 1.37. The fourth-order valence-corrected chi connectivity index (χ4v) is 4.24. The zero-order valence-corrected chi connectivity index (χ0v) is 13.8. The van der Waals surface area contributed by atoms with Crippen molar-refractivity contribution in [2.45, 2.75) is 33.0 Å². The van der Waals surface area contributed by atoms with Gasteiger partial charge in [0, 0.05) is 54.9 Å². The third kappa shape index (κ3) is 3.14. The predicted molar refractivity (Wildman–Crippen MR) is 91.7 cm³/mol. The smallest absolute Gasteiger partial charge is 0.0349 e. The second kappa shape index (κ2) is 6.44. The molecule has 1 aliphatic heterocycles. The molecule has 2 heterocycles. The van der Waals surface area contributed by atoms with E-state index in [0.29, 0.717) is 12.6 Å². The van der Waals surface area contributed by atoms with Gasteiger partial charge in [-0.25, -0.2) is 0 Å². The van der Waals surface area contributed by atoms with Crippen LogP contribution in [0, 0.1) is 0 Å². The normalized spacial score (nSPS) is 17.9. The minimum Gasteiger partial charge on any atom is -0.326 e. The Morgan fingerprint density at radius 1 is 1.14 bits per heavy atom. The number of rotatable bonds is 4. The summed E-state index contributed by atoms with van der Waals surface area (Å²) in [6.07, 6.45) is 0. The highest BCUT2D eigenvalue weighted by molar-refractivity contribution is 7.19. The van der Waals surface area contributed by atoms with Gasteiger partial charge in [-0.2, -0.15) is 0 Å². The lowest BCUT2D eigenvalue weighted by Gasteiger charge is -2.37. The minimum atomic E-state index is 0.653. The fraction of sp³-hybridized carbons (Fsp3) is 0.529. The van der Waals surface area contributed by atoms with Crippen molar-refractivity contribution in [1.29, 1.82) is 0 Å². The first-order valence-corrected chi connectivity index (χ1v) is 8.66. The van der Waals surface area contributed by atoms with Crippen molar-refractivity contribution in [3.63, 3.8) is 0 Å². The monoisotopic (exact) mass is 303 g/mol. The summed E-state index contributed by atoms with van der Waals surface area (Å²) in [5.41, 5.74) is 7.42. The van der Waals surface area contributed by atoms with E-state index in [2.05, 4.69) is 47.9 Å². The number of hydrogen-bond acceptors (Lipinski definition) is 4. The third-order valence-electron chi connectivity index (χ3n) is 4.49. The number of benzene rings is 1. The maximum atomic E-state index is 5.97. The molecule has 1 fully saturated rings. The molecule has 21 heavy (non-hydrogen) atoms. The number of hydrogen-bond donors (Lipinski definition) is 1. The predicted octanol–water partition coefficient (Wildman–Crippen LogP) is 2.89. The van der Waals surface area contributed by atoms with Crippen molar-refractivity contribution >= 4 is 21.4 Å². The fourth-order valence-electron chi connectivity index (χ4n) is 3.15. The van der Waals surface area contributed by atoms with Gasteiger partial charge < -0.3 is 5.73 Å². The lowest BCUT2D eigenvalue weighted by atomic mass is 10.1. The molecule has 0 aliphatic carbocycles. The molecule has 4 heteroatoms. The number of thiophene rings is 1. The summed E-state index contributed by atoms with van der Waals surface area (Å²) in [5.74, 6) is 0. The summed E-state index contributed by atoms with van der Waals surface area (Å²) in [6, 6.07) is 9.36. The highest BCUT2D eigenvalue weighted by atomic mass is 32.1. The SMILES string of the molecule is CC(C)N1CCN(Cc2c(CN)sc3ccccc23)CC1. The Labute approximate surface area is 131 Å². The van der Waals surface area contributed by atoms with E-state index < -0.39 is 0 Å². The van der Waals surface area contributed by atoms with Crippen molar-refractivity contribution < 1.29 is 0 Å². The summed E-state index contributed by atoms with van der Waals surface area (Å²) in [6.45, 7) is 10.9. The molecule has 0 radical (unpaired) electrons. The van der Waals surface area contributed by atoms with Gasteiger partial charge in [-0.15, -0.1) is 11.3 Å². The molecule has 1 saturated heterocycles. The number of fused-ring (bicyclic) bond motifs is 1. The van der Waals surface area contributed by atoms with Crippen LogP contribution in [-0.4, -0.2) is 42.0 Å². The first-order valence-electron chi connectivity index (χ1n) is 7.84. The van der Waals surface area contributed by atoms with Gasteiger partial charge in [0.1, 0.15) is 0 Å². The highest BCUT2D eigenvalue weighted by Crippen LogP contribution is 2.32. The zero-order valence-electron chi connectivity index (χ0n) is 13.0. The number of nitrogens with zero attached hydrogens (tertiary/aromatic N) is 2. The van der Waals surface area contributed by atoms with E-state index in [1.165, 1.54) is 33.6 Å². The maximum Gasteiger partial charge on any atom is 0.0349 e. The van der Waals surface area contributed by atoms with E-state index in [-0.39, 0.29) is 0 Å². The molecule has 114 valence electrons. The van der Waals surface area contributed by atoms with Crippen molar-refractivity contribution in [2.75, 3.05) is 26.2 Å². The number of piperazine rings is 1. The molecule has 0 unspecified atom stereocenters. The van der Waals surface area contributed by atoms with Crippen molar-refractivity contribution in [3.8, 4) is 0 Å². The molecule has 0 spiro atoms. The van der Waals surface area contributed by atoms with E-state index in [1.54, 1.807) is 0 Å². The Balaban J connectivity index is 1.76. The second-order valence-electron chi connectivity index (χ2n) is 6.11. The van der Waals surface area contributed by atoms with Crippen LogP contribution >= 0.6 is 11.3 Å². The molecule has 2 aromatic rings. The van der Waals surface area contributed by atoms with E-state index in [0.717, 1.165) is 19.6 Å². The quantitative estimate of drug-likeness (QED) is 0.942. The van der Waals surface area contributed by atoms with Gasteiger partial charge in [0.25, 0.3) is 0 Å². The van der Waals surface area contributed by atoms with Crippen LogP contribution in [0.1, 0.15) is 24.3 Å². The lowest BCUT2D eigenvalue weighted by molar-refractivity contribution is 0.104. The van der Waals surface area contributed by atoms with Crippen LogP contribution in [0.4, 0.5) is 0 Å². The Morgan fingerprint density at radius 3 is 2.52 bits per heavy atom. The van der Waals surface area contributed by atoms with Crippen LogP contribution in [-0.2, 0) is 13.1 Å². The second-order valence-corrected chi connectivity index (χ2v) is 7.25. The molecule has 1 aromatic heterocycles. The van der Waals surface area contributed by atoms with E-state index in [4.69, 9.17) is 5.73 Å². The number of nitrogens with two attached hydrogens (primary N) is 1. The summed E-state index contributed by atoms with van der Waals surface area (Å²) >= 11 is 1.86. The Morgan fingerprint density at radius 2 is 1.86 bits per heavy atom. The van der Waals surface area contributed by atoms with Crippen molar-refractivity contribution in [1.82, 2.24) is 9.80 Å². The van der Waals surface area contributed by atoms with Gasteiger partial charge in [-0.1, -0.05) is 18.2 Å². The molecule has 0 bridgehead atoms. The molecular weight excluding hydrogens is 278 g/mol. The molecule has 1 aliphatic rings. The molecule has 0 atom stereocenters. The summed E-state index contributed by atoms with van der Waals surface area (Å²) in [5, 5.41) is 1.40. The first kappa shape index (κ1) is 15.0. The Bertz CT molecular complexity index is 597. The van der Waals surface area contributed by atoms with Crippen LogP contribution in [0.3, 0.4) is 0 Å². The van der Waals surface area contributed by atoms with Gasteiger partial charge in [-0.05, 0) is 30.9 Å². The first-order chi connectivity index (χ1) is 10.2. The van der Waals surface area contributed by atoms with Crippen LogP contribution < -0.4 is 5.73 Å². The molecule has 2 N–H and O–H groups in total. The zero-order chi connectivity index (χ0) is 14.8. The van der Waals surface area contributed by atoms with Gasteiger partial charge in [0.2, 0.25) is 0 Å². The average molecular weight is 303 g/mol. The van der Waals surface area contributed by atoms with Gasteiger partial charge >= 0.3 is 0 Å². The van der Waals surface area contributed by atoms with Gasteiger partial charge in [0.15, 0.2) is 0 Å². The topological polar surface area (TPSA) is 32.5 Å². The minimum absolute atomic E-state index is 0.653. The average Bonchev–Trinajstić information content (AvgIpc) is 2.86. The van der Waals surface area contributed by atoms with Crippen LogP contribution in [0.2, 0.25) is 0 Å². The Hall–Kier alpha value is -0.940. The molecular formula is C17H25N3S. The van der Waals surface area contributed by atoms with Crippen molar-refractivity contribution in [2.24, 2.45) is 5.73 Å². The molecule has 3 rings (SSSR count). The van der Waals surface area contributed by atoms with Crippen LogP contribution in [0.5, 0.6) is 0 Å². The standard InChI is InChI=1S/C17H25N3S/c1-13(2)20-9-7-19(8-10-20)12-15-14-5-3-4-6-16(14)21-17(15)11-18/h3-6,13H,7-12,18H2,1-2H3. The molecule has 0 saturated carbocycles. The Kier molecular flexibility index (Phi) is 4.60. The highest BCUT2D eigenvalue weighted by Gasteiger charge is 2.21. The van der Waals surface area contributed by atoms with E-state index >= 15 is 0 Å². The van der Waals surface area contributed by atoms with Gasteiger partial charge in [0.05, 0.1) is 0 Å². The maximum absolute atomic E-state index is 5.97.